The lowest BCUT2D eigenvalue weighted by Gasteiger charge is -2.27. The second-order valence-electron chi connectivity index (χ2n) is 4.67. The summed E-state index contributed by atoms with van der Waals surface area (Å²) < 4.78 is 0. The second-order valence-corrected chi connectivity index (χ2v) is 4.67. The molecule has 1 aromatic rings. The highest BCUT2D eigenvalue weighted by Crippen LogP contribution is 2.24. The minimum atomic E-state index is 0.357. The van der Waals surface area contributed by atoms with Crippen molar-refractivity contribution in [1.82, 2.24) is 9.97 Å². The first-order chi connectivity index (χ1) is 7.69. The minimum Gasteiger partial charge on any atom is -0.373 e. The zero-order valence-electron chi connectivity index (χ0n) is 10.2. The first-order valence-corrected chi connectivity index (χ1v) is 6.02. The molecule has 2 N–H and O–H groups in total. The number of hydrogen-bond donors (Lipinski definition) is 2. The number of nitrogens with zero attached hydrogens (tertiary/aromatic N) is 2. The Hall–Kier alpha value is -1.32. The summed E-state index contributed by atoms with van der Waals surface area (Å²) in [4.78, 5) is 8.98. The van der Waals surface area contributed by atoms with E-state index in [4.69, 9.17) is 0 Å². The normalized spacial score (nSPS) is 16.0. The van der Waals surface area contributed by atoms with Crippen LogP contribution in [0.2, 0.25) is 0 Å². The molecule has 0 atom stereocenters. The van der Waals surface area contributed by atoms with Crippen LogP contribution in [0.25, 0.3) is 0 Å². The van der Waals surface area contributed by atoms with Gasteiger partial charge >= 0.3 is 0 Å². The Morgan fingerprint density at radius 2 is 1.94 bits per heavy atom. The van der Waals surface area contributed by atoms with E-state index in [0.29, 0.717) is 12.0 Å². The lowest BCUT2D eigenvalue weighted by Crippen LogP contribution is -2.27. The van der Waals surface area contributed by atoms with E-state index in [1.165, 1.54) is 19.3 Å². The van der Waals surface area contributed by atoms with Crippen molar-refractivity contribution in [3.63, 3.8) is 0 Å². The standard InChI is InChI=1S/C12H20N4/c1-8(2)12-15-10(13-3)7-11(16-12)14-9-5-4-6-9/h7-9H,4-6H2,1-3H3,(H2,13,14,15,16). The van der Waals surface area contributed by atoms with E-state index in [1.54, 1.807) is 0 Å². The van der Waals surface area contributed by atoms with Gasteiger partial charge in [-0.2, -0.15) is 0 Å². The summed E-state index contributed by atoms with van der Waals surface area (Å²) in [5.74, 6) is 3.09. The molecule has 1 aliphatic rings. The largest absolute Gasteiger partial charge is 0.373 e. The van der Waals surface area contributed by atoms with Gasteiger partial charge in [0.1, 0.15) is 17.5 Å². The summed E-state index contributed by atoms with van der Waals surface area (Å²) in [6.45, 7) is 4.23. The van der Waals surface area contributed by atoms with Crippen molar-refractivity contribution in [2.24, 2.45) is 0 Å². The van der Waals surface area contributed by atoms with E-state index in [2.05, 4.69) is 34.4 Å². The molecule has 0 spiro atoms. The van der Waals surface area contributed by atoms with Crippen molar-refractivity contribution >= 4 is 11.6 Å². The van der Waals surface area contributed by atoms with Crippen molar-refractivity contribution in [3.05, 3.63) is 11.9 Å². The Labute approximate surface area is 96.9 Å². The molecule has 4 heteroatoms. The van der Waals surface area contributed by atoms with Gasteiger partial charge in [-0.15, -0.1) is 0 Å². The Balaban J connectivity index is 2.18. The van der Waals surface area contributed by atoms with Crippen molar-refractivity contribution < 1.29 is 0 Å². The lowest BCUT2D eigenvalue weighted by atomic mass is 9.93. The summed E-state index contributed by atoms with van der Waals surface area (Å²) in [6, 6.07) is 2.59. The maximum atomic E-state index is 4.54. The molecule has 0 saturated heterocycles. The van der Waals surface area contributed by atoms with Crippen LogP contribution in [0.1, 0.15) is 44.9 Å². The smallest absolute Gasteiger partial charge is 0.135 e. The minimum absolute atomic E-state index is 0.357. The lowest BCUT2D eigenvalue weighted by molar-refractivity contribution is 0.444. The van der Waals surface area contributed by atoms with E-state index in [1.807, 2.05) is 13.1 Å². The summed E-state index contributed by atoms with van der Waals surface area (Å²) in [6.07, 6.45) is 3.85. The SMILES string of the molecule is CNc1cc(NC2CCC2)nc(C(C)C)n1. The molecular weight excluding hydrogens is 200 g/mol. The topological polar surface area (TPSA) is 49.8 Å². The van der Waals surface area contributed by atoms with Gasteiger partial charge in [-0.05, 0) is 19.3 Å². The molecule has 0 bridgehead atoms. The zero-order chi connectivity index (χ0) is 11.5. The van der Waals surface area contributed by atoms with Crippen LogP contribution in [-0.2, 0) is 0 Å². The maximum Gasteiger partial charge on any atom is 0.135 e. The van der Waals surface area contributed by atoms with Gasteiger partial charge in [-0.25, -0.2) is 9.97 Å². The third-order valence-electron chi connectivity index (χ3n) is 2.97. The van der Waals surface area contributed by atoms with E-state index >= 15 is 0 Å². The average molecular weight is 220 g/mol. The first-order valence-electron chi connectivity index (χ1n) is 6.02. The Kier molecular flexibility index (Phi) is 3.27. The predicted molar refractivity (Wildman–Crippen MR) is 66.9 cm³/mol. The molecule has 1 saturated carbocycles. The number of nitrogens with one attached hydrogen (secondary N) is 2. The van der Waals surface area contributed by atoms with Crippen LogP contribution >= 0.6 is 0 Å². The van der Waals surface area contributed by atoms with E-state index in [0.717, 1.165) is 17.5 Å². The van der Waals surface area contributed by atoms with Crippen LogP contribution < -0.4 is 10.6 Å². The average Bonchev–Trinajstić information content (AvgIpc) is 2.23. The summed E-state index contributed by atoms with van der Waals surface area (Å²) in [7, 11) is 1.89. The maximum absolute atomic E-state index is 4.54. The van der Waals surface area contributed by atoms with Gasteiger partial charge in [0.25, 0.3) is 0 Å². The number of anilines is 2. The van der Waals surface area contributed by atoms with E-state index in [-0.39, 0.29) is 0 Å². The van der Waals surface area contributed by atoms with Crippen molar-refractivity contribution in [3.8, 4) is 0 Å². The fraction of sp³-hybridized carbons (Fsp3) is 0.667. The highest BCUT2D eigenvalue weighted by Gasteiger charge is 2.18. The Morgan fingerprint density at radius 3 is 2.44 bits per heavy atom. The van der Waals surface area contributed by atoms with Crippen molar-refractivity contribution in [2.45, 2.75) is 45.1 Å². The van der Waals surface area contributed by atoms with Gasteiger partial charge in [0.05, 0.1) is 0 Å². The number of aromatic nitrogens is 2. The molecule has 0 aliphatic heterocycles. The molecule has 4 nitrogen and oxygen atoms in total. The van der Waals surface area contributed by atoms with E-state index < -0.39 is 0 Å². The fourth-order valence-corrected chi connectivity index (χ4v) is 1.69. The monoisotopic (exact) mass is 220 g/mol. The molecule has 16 heavy (non-hydrogen) atoms. The molecule has 0 radical (unpaired) electrons. The molecule has 0 unspecified atom stereocenters. The predicted octanol–water partition coefficient (Wildman–Crippen LogP) is 2.61. The fourth-order valence-electron chi connectivity index (χ4n) is 1.69. The number of hydrogen-bond acceptors (Lipinski definition) is 4. The highest BCUT2D eigenvalue weighted by molar-refractivity contribution is 5.48. The van der Waals surface area contributed by atoms with Crippen LogP contribution in [0.4, 0.5) is 11.6 Å². The van der Waals surface area contributed by atoms with Gasteiger partial charge in [-0.1, -0.05) is 13.8 Å². The Bertz CT molecular complexity index is 358. The zero-order valence-corrected chi connectivity index (χ0v) is 10.2. The highest BCUT2D eigenvalue weighted by atomic mass is 15.1. The van der Waals surface area contributed by atoms with Crippen molar-refractivity contribution in [2.75, 3.05) is 17.7 Å². The molecule has 1 heterocycles. The molecular formula is C12H20N4. The van der Waals surface area contributed by atoms with Gasteiger partial charge in [0.15, 0.2) is 0 Å². The molecule has 1 aromatic heterocycles. The van der Waals surface area contributed by atoms with Crippen LogP contribution in [0.3, 0.4) is 0 Å². The summed E-state index contributed by atoms with van der Waals surface area (Å²) >= 11 is 0. The van der Waals surface area contributed by atoms with Gasteiger partial charge in [0, 0.05) is 25.1 Å². The molecule has 1 aliphatic carbocycles. The number of rotatable bonds is 4. The van der Waals surface area contributed by atoms with Crippen molar-refractivity contribution in [1.29, 1.82) is 0 Å². The van der Waals surface area contributed by atoms with Crippen LogP contribution in [0.15, 0.2) is 6.07 Å². The van der Waals surface area contributed by atoms with Crippen LogP contribution in [0.5, 0.6) is 0 Å². The van der Waals surface area contributed by atoms with E-state index in [9.17, 15) is 0 Å². The third kappa shape index (κ3) is 2.43. The van der Waals surface area contributed by atoms with Crippen LogP contribution in [-0.4, -0.2) is 23.1 Å². The third-order valence-corrected chi connectivity index (χ3v) is 2.97. The van der Waals surface area contributed by atoms with Gasteiger partial charge in [-0.3, -0.25) is 0 Å². The van der Waals surface area contributed by atoms with Gasteiger partial charge in [0.2, 0.25) is 0 Å². The molecule has 0 aromatic carbocycles. The Morgan fingerprint density at radius 1 is 1.25 bits per heavy atom. The molecule has 2 rings (SSSR count). The summed E-state index contributed by atoms with van der Waals surface area (Å²) in [5, 5.41) is 6.54. The quantitative estimate of drug-likeness (QED) is 0.819. The first kappa shape index (κ1) is 11.2. The molecule has 0 amide bonds. The van der Waals surface area contributed by atoms with Gasteiger partial charge < -0.3 is 10.6 Å². The second kappa shape index (κ2) is 4.68. The molecule has 88 valence electrons. The summed E-state index contributed by atoms with van der Waals surface area (Å²) in [5.41, 5.74) is 0. The van der Waals surface area contributed by atoms with Crippen LogP contribution in [0, 0.1) is 0 Å². The molecule has 1 fully saturated rings.